The Labute approximate surface area is 120 Å². The van der Waals surface area contributed by atoms with Crippen molar-refractivity contribution in [1.29, 1.82) is 0 Å². The number of carbonyl (C=O) groups is 1. The maximum atomic E-state index is 11.8. The summed E-state index contributed by atoms with van der Waals surface area (Å²) in [6.45, 7) is 4.14. The minimum atomic E-state index is -0.482. The van der Waals surface area contributed by atoms with Gasteiger partial charge in [-0.05, 0) is 25.0 Å². The lowest BCUT2D eigenvalue weighted by Gasteiger charge is -2.11. The fraction of sp³-hybridized carbons (Fsp3) is 0.438. The summed E-state index contributed by atoms with van der Waals surface area (Å²) in [5, 5.41) is 12.3. The molecule has 0 aliphatic heterocycles. The summed E-state index contributed by atoms with van der Waals surface area (Å²) in [5.74, 6) is 0.531. The lowest BCUT2D eigenvalue weighted by molar-refractivity contribution is -0.116. The number of aliphatic hydroxyl groups excluding tert-OH is 1. The van der Waals surface area contributed by atoms with Crippen molar-refractivity contribution >= 4 is 11.5 Å². The Morgan fingerprint density at radius 1 is 1.45 bits per heavy atom. The Kier molecular flexibility index (Phi) is 6.81. The third-order valence-corrected chi connectivity index (χ3v) is 3.01. The predicted octanol–water partition coefficient (Wildman–Crippen LogP) is 2.38. The van der Waals surface area contributed by atoms with Crippen molar-refractivity contribution in [2.75, 3.05) is 13.7 Å². The molecule has 4 nitrogen and oxygen atoms in total. The smallest absolute Gasteiger partial charge is 0.244 e. The number of benzene rings is 1. The number of allylic oxidation sites excluding steroid dienone is 1. The van der Waals surface area contributed by atoms with E-state index in [2.05, 4.69) is 5.32 Å². The molecule has 0 radical (unpaired) electrons. The van der Waals surface area contributed by atoms with Crippen LogP contribution in [-0.2, 0) is 4.79 Å². The van der Waals surface area contributed by atoms with Crippen LogP contribution in [0.2, 0.25) is 0 Å². The van der Waals surface area contributed by atoms with Gasteiger partial charge in [0.15, 0.2) is 0 Å². The first-order chi connectivity index (χ1) is 9.58. The summed E-state index contributed by atoms with van der Waals surface area (Å²) < 4.78 is 5.27. The molecule has 0 heterocycles. The van der Waals surface area contributed by atoms with E-state index in [0.29, 0.717) is 6.42 Å². The number of hydrogen-bond acceptors (Lipinski definition) is 3. The zero-order valence-corrected chi connectivity index (χ0v) is 12.3. The first-order valence-electron chi connectivity index (χ1n) is 6.86. The zero-order chi connectivity index (χ0) is 15.0. The van der Waals surface area contributed by atoms with Crippen molar-refractivity contribution < 1.29 is 14.6 Å². The normalized spacial score (nSPS) is 12.9. The van der Waals surface area contributed by atoms with Gasteiger partial charge in [-0.2, -0.15) is 0 Å². The fourth-order valence-corrected chi connectivity index (χ4v) is 1.95. The van der Waals surface area contributed by atoms with Crippen molar-refractivity contribution in [2.24, 2.45) is 0 Å². The third-order valence-electron chi connectivity index (χ3n) is 3.01. The van der Waals surface area contributed by atoms with Crippen molar-refractivity contribution in [3.63, 3.8) is 0 Å². The number of aliphatic hydroxyl groups is 1. The minimum Gasteiger partial charge on any atom is -0.496 e. The van der Waals surface area contributed by atoms with Crippen LogP contribution in [0.5, 0.6) is 5.75 Å². The van der Waals surface area contributed by atoms with E-state index in [1.165, 1.54) is 6.08 Å². The number of para-hydroxylation sites is 1. The van der Waals surface area contributed by atoms with Gasteiger partial charge in [-0.1, -0.05) is 31.5 Å². The molecular weight excluding hydrogens is 254 g/mol. The standard InChI is InChI=1S/C16H23NO3/c1-4-7-13(18)11-17-16(19)10-12(2)14-8-5-6-9-15(14)20-3/h5-6,8-10,13,18H,4,7,11H2,1-3H3,(H,17,19)/b12-10-. The molecule has 1 amide bonds. The molecule has 0 saturated carbocycles. The van der Waals surface area contributed by atoms with Gasteiger partial charge >= 0.3 is 0 Å². The molecule has 1 unspecified atom stereocenters. The van der Waals surface area contributed by atoms with Crippen LogP contribution >= 0.6 is 0 Å². The van der Waals surface area contributed by atoms with Gasteiger partial charge in [0.25, 0.3) is 0 Å². The SMILES string of the molecule is CCCC(O)CNC(=O)/C=C(/C)c1ccccc1OC. The van der Waals surface area contributed by atoms with Crippen molar-refractivity contribution in [3.8, 4) is 5.75 Å². The van der Waals surface area contributed by atoms with Crippen LogP contribution in [0.1, 0.15) is 32.3 Å². The number of methoxy groups -OCH3 is 1. The molecule has 0 spiro atoms. The number of rotatable bonds is 7. The largest absolute Gasteiger partial charge is 0.496 e. The zero-order valence-electron chi connectivity index (χ0n) is 12.3. The average Bonchev–Trinajstić information content (AvgIpc) is 2.45. The van der Waals surface area contributed by atoms with Gasteiger partial charge < -0.3 is 15.2 Å². The van der Waals surface area contributed by atoms with Crippen LogP contribution in [0.3, 0.4) is 0 Å². The highest BCUT2D eigenvalue weighted by molar-refractivity contribution is 5.95. The molecule has 20 heavy (non-hydrogen) atoms. The molecular formula is C16H23NO3. The van der Waals surface area contributed by atoms with Crippen LogP contribution in [0.15, 0.2) is 30.3 Å². The summed E-state index contributed by atoms with van der Waals surface area (Å²) in [7, 11) is 1.60. The molecule has 0 aromatic heterocycles. The number of ether oxygens (including phenoxy) is 1. The summed E-state index contributed by atoms with van der Waals surface area (Å²) in [5.41, 5.74) is 1.71. The molecule has 0 aliphatic carbocycles. The van der Waals surface area contributed by atoms with Crippen LogP contribution in [0.25, 0.3) is 5.57 Å². The van der Waals surface area contributed by atoms with Gasteiger partial charge in [-0.3, -0.25) is 4.79 Å². The van der Waals surface area contributed by atoms with E-state index in [9.17, 15) is 9.90 Å². The molecule has 1 rings (SSSR count). The summed E-state index contributed by atoms with van der Waals surface area (Å²) in [6.07, 6.45) is 2.63. The van der Waals surface area contributed by atoms with Gasteiger partial charge in [0.1, 0.15) is 5.75 Å². The second-order valence-electron chi connectivity index (χ2n) is 4.72. The first kappa shape index (κ1) is 16.2. The Bertz CT molecular complexity index is 469. The van der Waals surface area contributed by atoms with Gasteiger partial charge in [0.05, 0.1) is 13.2 Å². The average molecular weight is 277 g/mol. The van der Waals surface area contributed by atoms with E-state index in [0.717, 1.165) is 23.3 Å². The molecule has 2 N–H and O–H groups in total. The molecule has 1 aromatic carbocycles. The first-order valence-corrected chi connectivity index (χ1v) is 6.86. The van der Waals surface area contributed by atoms with Crippen molar-refractivity contribution in [1.82, 2.24) is 5.32 Å². The van der Waals surface area contributed by atoms with Gasteiger partial charge in [0.2, 0.25) is 5.91 Å². The predicted molar refractivity (Wildman–Crippen MR) is 80.6 cm³/mol. The number of amides is 1. The molecule has 110 valence electrons. The van der Waals surface area contributed by atoms with Crippen molar-refractivity contribution in [3.05, 3.63) is 35.9 Å². The maximum Gasteiger partial charge on any atom is 0.244 e. The summed E-state index contributed by atoms with van der Waals surface area (Å²) >= 11 is 0. The fourth-order valence-electron chi connectivity index (χ4n) is 1.95. The van der Waals surface area contributed by atoms with E-state index in [1.807, 2.05) is 38.1 Å². The molecule has 4 heteroatoms. The lowest BCUT2D eigenvalue weighted by Crippen LogP contribution is -2.30. The topological polar surface area (TPSA) is 58.6 Å². The highest BCUT2D eigenvalue weighted by atomic mass is 16.5. The number of carbonyl (C=O) groups excluding carboxylic acids is 1. The Hall–Kier alpha value is -1.81. The Morgan fingerprint density at radius 3 is 2.80 bits per heavy atom. The van der Waals surface area contributed by atoms with Crippen LogP contribution in [-0.4, -0.2) is 30.8 Å². The number of nitrogens with one attached hydrogen (secondary N) is 1. The lowest BCUT2D eigenvalue weighted by atomic mass is 10.1. The van der Waals surface area contributed by atoms with Crippen LogP contribution in [0.4, 0.5) is 0 Å². The van der Waals surface area contributed by atoms with Crippen LogP contribution < -0.4 is 10.1 Å². The van der Waals surface area contributed by atoms with E-state index in [1.54, 1.807) is 7.11 Å². The Morgan fingerprint density at radius 2 is 2.15 bits per heavy atom. The number of hydrogen-bond donors (Lipinski definition) is 2. The molecule has 0 saturated heterocycles. The quantitative estimate of drug-likeness (QED) is 0.752. The molecule has 1 atom stereocenters. The van der Waals surface area contributed by atoms with Crippen molar-refractivity contribution in [2.45, 2.75) is 32.8 Å². The molecule has 1 aromatic rings. The van der Waals surface area contributed by atoms with Gasteiger partial charge in [-0.15, -0.1) is 0 Å². The van der Waals surface area contributed by atoms with Gasteiger partial charge in [-0.25, -0.2) is 0 Å². The maximum absolute atomic E-state index is 11.8. The van der Waals surface area contributed by atoms with E-state index >= 15 is 0 Å². The summed E-state index contributed by atoms with van der Waals surface area (Å²) in [4.78, 5) is 11.8. The minimum absolute atomic E-state index is 0.205. The van der Waals surface area contributed by atoms with Gasteiger partial charge in [0, 0.05) is 18.2 Å². The highest BCUT2D eigenvalue weighted by Crippen LogP contribution is 2.24. The highest BCUT2D eigenvalue weighted by Gasteiger charge is 2.07. The Balaban J connectivity index is 2.66. The molecule has 0 aliphatic rings. The monoisotopic (exact) mass is 277 g/mol. The molecule has 0 fully saturated rings. The van der Waals surface area contributed by atoms with E-state index in [4.69, 9.17) is 4.74 Å². The van der Waals surface area contributed by atoms with Crippen LogP contribution in [0, 0.1) is 0 Å². The van der Waals surface area contributed by atoms with E-state index < -0.39 is 6.10 Å². The second kappa shape index (κ2) is 8.38. The third kappa shape index (κ3) is 5.05. The van der Waals surface area contributed by atoms with E-state index in [-0.39, 0.29) is 12.5 Å². The molecule has 0 bridgehead atoms. The second-order valence-corrected chi connectivity index (χ2v) is 4.72. The summed E-state index contributed by atoms with van der Waals surface area (Å²) in [6, 6.07) is 7.55.